The van der Waals surface area contributed by atoms with Gasteiger partial charge < -0.3 is 10.4 Å². The number of nitrogens with one attached hydrogen (secondary N) is 1. The van der Waals surface area contributed by atoms with Crippen LogP contribution in [0.25, 0.3) is 0 Å². The summed E-state index contributed by atoms with van der Waals surface area (Å²) in [5.74, 6) is -0.621. The number of benzene rings is 1. The fourth-order valence-electron chi connectivity index (χ4n) is 1.46. The summed E-state index contributed by atoms with van der Waals surface area (Å²) in [5.41, 5.74) is 0.942. The molecule has 0 aliphatic heterocycles. The summed E-state index contributed by atoms with van der Waals surface area (Å²) in [7, 11) is 0. The molecule has 1 aromatic carbocycles. The Morgan fingerprint density at radius 1 is 1.37 bits per heavy atom. The number of thioether (sulfide) groups is 1. The number of hydrogen-bond donors (Lipinski definition) is 2. The van der Waals surface area contributed by atoms with Crippen molar-refractivity contribution in [2.75, 3.05) is 11.6 Å². The molecule has 5 nitrogen and oxygen atoms in total. The van der Waals surface area contributed by atoms with E-state index in [9.17, 15) is 4.79 Å². The standard InChI is InChI=1S/C12H10BrN3O2S/c1-19-11-9(12(17)18)6-10(15-16-11)14-8-4-2-3-7(13)5-8/h2-6H,1H3,(H,14,15)(H,17,18). The maximum Gasteiger partial charge on any atom is 0.338 e. The summed E-state index contributed by atoms with van der Waals surface area (Å²) in [4.78, 5) is 11.1. The van der Waals surface area contributed by atoms with Crippen molar-refractivity contribution < 1.29 is 9.90 Å². The van der Waals surface area contributed by atoms with E-state index in [1.807, 2.05) is 24.3 Å². The number of carboxylic acid groups (broad SMARTS) is 1. The van der Waals surface area contributed by atoms with Crippen molar-refractivity contribution in [1.29, 1.82) is 0 Å². The van der Waals surface area contributed by atoms with Crippen molar-refractivity contribution in [2.24, 2.45) is 0 Å². The Bertz CT molecular complexity index is 622. The average molecular weight is 340 g/mol. The third-order valence-corrected chi connectivity index (χ3v) is 3.46. The van der Waals surface area contributed by atoms with Gasteiger partial charge in [0, 0.05) is 10.2 Å². The number of hydrogen-bond acceptors (Lipinski definition) is 5. The minimum Gasteiger partial charge on any atom is -0.478 e. The van der Waals surface area contributed by atoms with E-state index in [1.165, 1.54) is 17.8 Å². The molecule has 0 unspecified atom stereocenters. The summed E-state index contributed by atoms with van der Waals surface area (Å²) < 4.78 is 0.921. The first kappa shape index (κ1) is 13.8. The zero-order valence-electron chi connectivity index (χ0n) is 9.92. The number of anilines is 2. The third-order valence-electron chi connectivity index (χ3n) is 2.28. The highest BCUT2D eigenvalue weighted by atomic mass is 79.9. The first-order valence-electron chi connectivity index (χ1n) is 5.28. The molecular formula is C12H10BrN3O2S. The summed E-state index contributed by atoms with van der Waals surface area (Å²) in [6, 6.07) is 8.96. The van der Waals surface area contributed by atoms with Crippen LogP contribution >= 0.6 is 27.7 Å². The van der Waals surface area contributed by atoms with E-state index < -0.39 is 5.97 Å². The van der Waals surface area contributed by atoms with Gasteiger partial charge in [0.2, 0.25) is 0 Å². The van der Waals surface area contributed by atoms with Crippen LogP contribution in [0.3, 0.4) is 0 Å². The van der Waals surface area contributed by atoms with Gasteiger partial charge in [-0.15, -0.1) is 22.0 Å². The Morgan fingerprint density at radius 3 is 2.79 bits per heavy atom. The van der Waals surface area contributed by atoms with Crippen LogP contribution in [-0.2, 0) is 0 Å². The maximum atomic E-state index is 11.1. The van der Waals surface area contributed by atoms with Crippen LogP contribution in [0.1, 0.15) is 10.4 Å². The van der Waals surface area contributed by atoms with Gasteiger partial charge in [0.1, 0.15) is 5.03 Å². The second kappa shape index (κ2) is 6.03. The normalized spacial score (nSPS) is 10.2. The van der Waals surface area contributed by atoms with Crippen LogP contribution in [0.2, 0.25) is 0 Å². The molecule has 0 atom stereocenters. The highest BCUT2D eigenvalue weighted by molar-refractivity contribution is 9.10. The Balaban J connectivity index is 2.31. The summed E-state index contributed by atoms with van der Waals surface area (Å²) in [5, 5.41) is 20.4. The number of halogens is 1. The molecule has 0 fully saturated rings. The number of aromatic carboxylic acids is 1. The summed E-state index contributed by atoms with van der Waals surface area (Å²) in [6.45, 7) is 0. The predicted molar refractivity (Wildman–Crippen MR) is 78.2 cm³/mol. The lowest BCUT2D eigenvalue weighted by molar-refractivity contribution is 0.0692. The van der Waals surface area contributed by atoms with Crippen molar-refractivity contribution in [2.45, 2.75) is 5.03 Å². The molecule has 2 N–H and O–H groups in total. The Labute approximate surface area is 122 Å². The molecule has 0 amide bonds. The Morgan fingerprint density at radius 2 is 2.16 bits per heavy atom. The molecule has 19 heavy (non-hydrogen) atoms. The van der Waals surface area contributed by atoms with Crippen molar-refractivity contribution in [3.05, 3.63) is 40.4 Å². The largest absolute Gasteiger partial charge is 0.478 e. The lowest BCUT2D eigenvalue weighted by Crippen LogP contribution is -2.05. The molecular weight excluding hydrogens is 330 g/mol. The number of aromatic nitrogens is 2. The van der Waals surface area contributed by atoms with Crippen LogP contribution < -0.4 is 5.32 Å². The van der Waals surface area contributed by atoms with E-state index in [0.29, 0.717) is 10.8 Å². The van der Waals surface area contributed by atoms with Gasteiger partial charge in [0.15, 0.2) is 5.82 Å². The van der Waals surface area contributed by atoms with Gasteiger partial charge in [-0.2, -0.15) is 0 Å². The highest BCUT2D eigenvalue weighted by Gasteiger charge is 2.13. The van der Waals surface area contributed by atoms with Gasteiger partial charge in [-0.1, -0.05) is 22.0 Å². The average Bonchev–Trinajstić information content (AvgIpc) is 2.38. The topological polar surface area (TPSA) is 75.1 Å². The monoisotopic (exact) mass is 339 g/mol. The van der Waals surface area contributed by atoms with E-state index in [-0.39, 0.29) is 5.56 Å². The van der Waals surface area contributed by atoms with Crippen molar-refractivity contribution in [3.63, 3.8) is 0 Å². The lowest BCUT2D eigenvalue weighted by Gasteiger charge is -2.07. The van der Waals surface area contributed by atoms with Gasteiger partial charge in [-0.3, -0.25) is 0 Å². The molecule has 0 saturated heterocycles. The van der Waals surface area contributed by atoms with Crippen LogP contribution in [0.5, 0.6) is 0 Å². The first-order valence-corrected chi connectivity index (χ1v) is 7.29. The molecule has 1 aromatic heterocycles. The number of rotatable bonds is 4. The summed E-state index contributed by atoms with van der Waals surface area (Å²) >= 11 is 4.61. The third kappa shape index (κ3) is 3.45. The van der Waals surface area contributed by atoms with Gasteiger partial charge in [0.25, 0.3) is 0 Å². The summed E-state index contributed by atoms with van der Waals surface area (Å²) in [6.07, 6.45) is 1.76. The molecule has 2 rings (SSSR count). The number of carbonyl (C=O) groups is 1. The smallest absolute Gasteiger partial charge is 0.338 e. The van der Waals surface area contributed by atoms with Gasteiger partial charge in [-0.05, 0) is 30.5 Å². The first-order chi connectivity index (χ1) is 9.10. The number of nitrogens with zero attached hydrogens (tertiary/aromatic N) is 2. The van der Waals surface area contributed by atoms with E-state index in [1.54, 1.807) is 6.26 Å². The molecule has 0 aliphatic rings. The van der Waals surface area contributed by atoms with Crippen molar-refractivity contribution >= 4 is 45.2 Å². The molecule has 0 spiro atoms. The second-order valence-corrected chi connectivity index (χ2v) is 5.30. The van der Waals surface area contributed by atoms with Gasteiger partial charge in [0.05, 0.1) is 5.56 Å². The zero-order valence-corrected chi connectivity index (χ0v) is 12.3. The molecule has 7 heteroatoms. The van der Waals surface area contributed by atoms with Crippen LogP contribution in [0.15, 0.2) is 39.8 Å². The predicted octanol–water partition coefficient (Wildman–Crippen LogP) is 3.40. The maximum absolute atomic E-state index is 11.1. The fourth-order valence-corrected chi connectivity index (χ4v) is 2.35. The quantitative estimate of drug-likeness (QED) is 0.831. The SMILES string of the molecule is CSc1nnc(Nc2cccc(Br)c2)cc1C(=O)O. The highest BCUT2D eigenvalue weighted by Crippen LogP contribution is 2.22. The zero-order chi connectivity index (χ0) is 13.8. The van der Waals surface area contributed by atoms with E-state index in [4.69, 9.17) is 5.11 Å². The van der Waals surface area contributed by atoms with E-state index in [0.717, 1.165) is 10.2 Å². The van der Waals surface area contributed by atoms with E-state index in [2.05, 4.69) is 31.4 Å². The molecule has 0 aliphatic carbocycles. The minimum absolute atomic E-state index is 0.139. The van der Waals surface area contributed by atoms with E-state index >= 15 is 0 Å². The van der Waals surface area contributed by atoms with Crippen LogP contribution in [-0.4, -0.2) is 27.5 Å². The van der Waals surface area contributed by atoms with Crippen molar-refractivity contribution in [1.82, 2.24) is 10.2 Å². The second-order valence-electron chi connectivity index (χ2n) is 3.59. The van der Waals surface area contributed by atoms with Gasteiger partial charge >= 0.3 is 5.97 Å². The Kier molecular flexibility index (Phi) is 4.39. The molecule has 0 bridgehead atoms. The van der Waals surface area contributed by atoms with Crippen LogP contribution in [0.4, 0.5) is 11.5 Å². The molecule has 0 radical (unpaired) electrons. The lowest BCUT2D eigenvalue weighted by atomic mass is 10.3. The van der Waals surface area contributed by atoms with Crippen molar-refractivity contribution in [3.8, 4) is 0 Å². The van der Waals surface area contributed by atoms with Crippen LogP contribution in [0, 0.1) is 0 Å². The molecule has 98 valence electrons. The Hall–Kier alpha value is -1.60. The number of carboxylic acids is 1. The molecule has 2 aromatic rings. The minimum atomic E-state index is -1.02. The fraction of sp³-hybridized carbons (Fsp3) is 0.0833. The van der Waals surface area contributed by atoms with Gasteiger partial charge in [-0.25, -0.2) is 4.79 Å². The molecule has 1 heterocycles. The molecule has 0 saturated carbocycles.